The van der Waals surface area contributed by atoms with Crippen molar-refractivity contribution in [3.05, 3.63) is 108 Å². The average molecular weight is 1830 g/mol. The number of rotatable bonds is 24. The second kappa shape index (κ2) is 48.6. The number of aliphatic hydroxyl groups is 1. The maximum Gasteiger partial charge on any atom is 0.323 e. The molecule has 131 heavy (non-hydrogen) atoms. The summed E-state index contributed by atoms with van der Waals surface area (Å²) in [4.78, 5) is 257. The number of Topliss-reactive ketones (excluding diaryl/α,β-unsaturated/α-hetero) is 1. The van der Waals surface area contributed by atoms with Gasteiger partial charge in [0.05, 0.1) is 24.6 Å². The van der Waals surface area contributed by atoms with Crippen molar-refractivity contribution in [2.24, 2.45) is 34.8 Å². The topological polar surface area (TPSA) is 588 Å². The fraction of sp³-hybridized carbons (Fsp3) is 0.571. The maximum absolute atomic E-state index is 15.9. The van der Waals surface area contributed by atoms with Crippen molar-refractivity contribution in [1.82, 2.24) is 76.6 Å². The van der Waals surface area contributed by atoms with Gasteiger partial charge in [0.1, 0.15) is 78.8 Å². The monoisotopic (exact) mass is 1830 g/mol. The number of unbranched alkanes of at least 4 members (excludes halogenated alkanes) is 2. The van der Waals surface area contributed by atoms with E-state index >= 15 is 38.4 Å². The molecular weight excluding hydrogens is 1700 g/mol. The number of nitrogens with one attached hydrogen (secondary N) is 9. The Balaban J connectivity index is 1.09. The van der Waals surface area contributed by atoms with E-state index in [9.17, 15) is 62.9 Å². The highest BCUT2D eigenvalue weighted by Crippen LogP contribution is 2.31. The van der Waals surface area contributed by atoms with Crippen LogP contribution in [-0.4, -0.2) is 288 Å². The van der Waals surface area contributed by atoms with Gasteiger partial charge in [0.2, 0.25) is 82.7 Å². The number of aliphatic hydroxyl groups excluding tert-OH is 1. The van der Waals surface area contributed by atoms with E-state index in [1.54, 1.807) is 54.7 Å². The Morgan fingerprint density at radius 2 is 1.11 bits per heavy atom. The molecule has 40 heteroatoms. The number of fused-ring (bicyclic) bond motifs is 5. The lowest BCUT2D eigenvalue weighted by atomic mass is 9.90. The fourth-order valence-electron chi connectivity index (χ4n) is 17.7. The van der Waals surface area contributed by atoms with Crippen molar-refractivity contribution in [3.8, 4) is 0 Å². The van der Waals surface area contributed by atoms with Crippen LogP contribution in [0.2, 0.25) is 0 Å². The Morgan fingerprint density at radius 3 is 1.76 bits per heavy atom. The number of carbonyl (C=O) groups excluding carboxylic acids is 15. The number of aromatic amines is 1. The zero-order valence-electron chi connectivity index (χ0n) is 75.2. The van der Waals surface area contributed by atoms with Gasteiger partial charge in [-0.25, -0.2) is 4.39 Å². The van der Waals surface area contributed by atoms with Crippen molar-refractivity contribution < 1.29 is 101 Å². The number of nitrogens with two attached hydrogens (primary N) is 4. The van der Waals surface area contributed by atoms with Crippen molar-refractivity contribution in [2.45, 2.75) is 267 Å². The first kappa shape index (κ1) is 102. The Kier molecular flexibility index (Phi) is 38.0. The highest BCUT2D eigenvalue weighted by molar-refractivity contribution is 6.02. The Hall–Kier alpha value is -12.3. The number of hydrogen-bond acceptors (Lipinski definition) is 21. The summed E-state index contributed by atoms with van der Waals surface area (Å²) in [6, 6.07) is -0.506. The minimum Gasteiger partial charge on any atom is -0.481 e. The number of halogens is 1. The van der Waals surface area contributed by atoms with E-state index in [4.69, 9.17) is 22.9 Å². The molecule has 15 atom stereocenters. The molecule has 714 valence electrons. The minimum atomic E-state index is -1.81. The van der Waals surface area contributed by atoms with Crippen LogP contribution in [0.4, 0.5) is 4.39 Å². The van der Waals surface area contributed by atoms with Crippen LogP contribution in [-0.2, 0) is 107 Å². The zero-order valence-corrected chi connectivity index (χ0v) is 75.2. The van der Waals surface area contributed by atoms with Crippen molar-refractivity contribution in [3.63, 3.8) is 0 Å². The molecule has 0 aliphatic carbocycles. The van der Waals surface area contributed by atoms with Crippen LogP contribution < -0.4 is 65.5 Å². The Labute approximate surface area is 759 Å². The van der Waals surface area contributed by atoms with E-state index < -0.39 is 249 Å². The normalized spacial score (nSPS) is 25.8. The molecule has 2 aromatic heterocycles. The summed E-state index contributed by atoms with van der Waals surface area (Å²) >= 11 is 0. The summed E-state index contributed by atoms with van der Waals surface area (Å²) in [5, 5.41) is 54.3. The molecule has 0 unspecified atom stereocenters. The number of carboxylic acids is 2. The van der Waals surface area contributed by atoms with Crippen LogP contribution in [0.3, 0.4) is 0 Å². The molecule has 0 bridgehead atoms. The van der Waals surface area contributed by atoms with Gasteiger partial charge in [-0.05, 0) is 137 Å². The van der Waals surface area contributed by atoms with Crippen molar-refractivity contribution >= 4 is 122 Å². The molecule has 9 rings (SSSR count). The lowest BCUT2D eigenvalue weighted by Gasteiger charge is -2.38. The molecule has 14 amide bonds. The molecular formula is C91H128FN19O20. The molecule has 20 N–H and O–H groups in total. The summed E-state index contributed by atoms with van der Waals surface area (Å²) in [7, 11) is 2.78. The number of para-hydroxylation sites is 2. The van der Waals surface area contributed by atoms with Crippen LogP contribution in [0.1, 0.15) is 173 Å². The third-order valence-electron chi connectivity index (χ3n) is 24.8. The van der Waals surface area contributed by atoms with E-state index in [0.29, 0.717) is 77.0 Å². The smallest absolute Gasteiger partial charge is 0.323 e. The van der Waals surface area contributed by atoms with Crippen molar-refractivity contribution in [1.29, 1.82) is 0 Å². The molecule has 0 spiro atoms. The number of carbonyl (C=O) groups is 17. The van der Waals surface area contributed by atoms with Crippen LogP contribution in [0.25, 0.3) is 21.8 Å². The highest BCUT2D eigenvalue weighted by atomic mass is 19.1. The molecule has 4 saturated heterocycles. The molecule has 4 fully saturated rings. The molecule has 5 aromatic rings. The molecule has 4 aliphatic heterocycles. The van der Waals surface area contributed by atoms with Gasteiger partial charge in [-0.1, -0.05) is 102 Å². The van der Waals surface area contributed by atoms with Gasteiger partial charge in [0.15, 0.2) is 5.78 Å². The Morgan fingerprint density at radius 1 is 0.534 bits per heavy atom. The summed E-state index contributed by atoms with van der Waals surface area (Å²) in [6.07, 6.45) is 0.254. The van der Waals surface area contributed by atoms with Gasteiger partial charge in [0, 0.05) is 119 Å². The lowest BCUT2D eigenvalue weighted by molar-refractivity contribution is -0.149. The third kappa shape index (κ3) is 27.7. The van der Waals surface area contributed by atoms with Crippen molar-refractivity contribution in [2.75, 3.05) is 53.4 Å². The van der Waals surface area contributed by atoms with Gasteiger partial charge in [-0.15, -0.1) is 0 Å². The van der Waals surface area contributed by atoms with E-state index in [0.717, 1.165) is 21.9 Å². The predicted octanol–water partition coefficient (Wildman–Crippen LogP) is 0.0426. The summed E-state index contributed by atoms with van der Waals surface area (Å²) in [5.41, 5.74) is 27.1. The van der Waals surface area contributed by atoms with E-state index in [1.807, 2.05) is 27.7 Å². The number of benzene rings is 3. The van der Waals surface area contributed by atoms with Crippen LogP contribution >= 0.6 is 0 Å². The number of carboxylic acid groups (broad SMARTS) is 2. The van der Waals surface area contributed by atoms with Crippen LogP contribution in [0.5, 0.6) is 0 Å². The zero-order chi connectivity index (χ0) is 95.6. The van der Waals surface area contributed by atoms with E-state index in [1.165, 1.54) is 51.7 Å². The maximum atomic E-state index is 15.9. The van der Waals surface area contributed by atoms with Crippen LogP contribution in [0.15, 0.2) is 85.2 Å². The van der Waals surface area contributed by atoms with Gasteiger partial charge in [0.25, 0.3) is 0 Å². The molecule has 4 aliphatic rings. The van der Waals surface area contributed by atoms with Gasteiger partial charge in [-0.2, -0.15) is 0 Å². The fourth-order valence-corrected chi connectivity index (χ4v) is 17.7. The second-order valence-corrected chi connectivity index (χ2v) is 35.0. The first-order valence-electron chi connectivity index (χ1n) is 45.3. The largest absolute Gasteiger partial charge is 0.481 e. The number of primary amides is 1. The second-order valence-electron chi connectivity index (χ2n) is 35.0. The predicted molar refractivity (Wildman–Crippen MR) is 477 cm³/mol. The number of piperidine rings is 1. The van der Waals surface area contributed by atoms with E-state index in [-0.39, 0.29) is 109 Å². The molecule has 6 heterocycles. The average Bonchev–Trinajstić information content (AvgIpc) is 1.66. The summed E-state index contributed by atoms with van der Waals surface area (Å²) in [5.74, 6) is -18.1. The Bertz CT molecular complexity index is 4930. The molecule has 0 saturated carbocycles. The molecule has 3 aromatic carbocycles. The summed E-state index contributed by atoms with van der Waals surface area (Å²) in [6.45, 7) is 5.15. The number of hydrogen-bond donors (Lipinski definition) is 16. The number of aliphatic carboxylic acids is 2. The van der Waals surface area contributed by atoms with Gasteiger partial charge < -0.3 is 115 Å². The number of aromatic nitrogens is 2. The van der Waals surface area contributed by atoms with Gasteiger partial charge in [-0.3, -0.25) is 81.5 Å². The SMILES string of the molecule is CCCC[C@H]1C(=O)N(C)[C@@H](CCCC)C(=O)N[C@@H](CC(C)C)C(=O)NCCC[C@H](N)C(=O)N[C@@H](Cc2ccc(F)cc2)C(=O)N2CCCC[C@H]2C(=O)N[C@@H](CC(N)=O)C(=O)N2CCC[C@H]2C(=O)N[C@@H](CN)C(=O)N[C@@H](CCC(=O)O)C(=O)N2C[C@H](O)C[C@H]2C(=O)C[C@@H](Cc2c[nH]c3ccccc23)C(=O)N[C@@H](CCN)C(=O)N[C@@H](Cc2cn(CC(=O)O)c3ccccc23)C(=O)N1C. The van der Waals surface area contributed by atoms with E-state index in [2.05, 4.69) is 47.5 Å². The third-order valence-corrected chi connectivity index (χ3v) is 24.8. The minimum absolute atomic E-state index is 0.0140. The lowest BCUT2D eigenvalue weighted by Crippen LogP contribution is -2.62. The quantitative estimate of drug-likeness (QED) is 0.0388. The highest BCUT2D eigenvalue weighted by Gasteiger charge is 2.47. The van der Waals surface area contributed by atoms with Crippen LogP contribution in [0, 0.1) is 17.7 Å². The number of amides is 14. The molecule has 39 nitrogen and oxygen atoms in total. The summed E-state index contributed by atoms with van der Waals surface area (Å²) < 4.78 is 15.8. The number of H-pyrrole nitrogens is 1. The number of likely N-dealkylation sites (N-methyl/N-ethyl adjacent to an activating group) is 2. The first-order chi connectivity index (χ1) is 62.4. The molecule has 0 radical (unpaired) electrons. The number of ketones is 1. The first-order valence-corrected chi connectivity index (χ1v) is 45.3. The standard InChI is InChI=1S/C91H128FN19O20/c1-7-9-23-70-84(124)101-64(39-51(3)4)81(121)97-36-17-21-60(95)80(120)102-65(40-52-28-30-56(92)31-29-52)89(129)109-37-16-15-26-71(109)85(125)104-67(45-76(96)114)90(130)110-38-18-27-72(110)86(126)105-68(46-94)83(123)100-63(32-33-77(115)116)88(128)111-49-57(112)44-74(111)75(113)43-53(41-54-47-98-61-22-13-11-19-58(54)61)79(119)99-62(34-35-93)82(122)103-66(87(127)107(6)73(24-10-8-2)91(131)106(70)5)42-55-48-108(50-78(117)118)69-25-14-12-20-59(55)69/h11-14,19-20,22,25,28-31,47-48,51,53,57,60,62-68,70-74,98,112H,7-10,15-18,21,23-24,26-27,32-46,49-50,93-95H2,1-6H3,(H2,96,114)(H,97,121)(H,99,119)(H,100,123)(H,101,124)(H,102,120)(H,103,122)(H,104,125)(H,105,126)(H,115,116)(H,117,118)/t53-,57-,60+,62+,63+,64+,65+,66+,67+,68+,70+,71+,72+,73+,74+/m1/s1. The van der Waals surface area contributed by atoms with Gasteiger partial charge >= 0.3 is 11.9 Å². The number of nitrogens with zero attached hydrogens (tertiary/aromatic N) is 6.